The van der Waals surface area contributed by atoms with Gasteiger partial charge in [-0.2, -0.15) is 5.26 Å². The lowest BCUT2D eigenvalue weighted by Crippen LogP contribution is -2.39. The van der Waals surface area contributed by atoms with E-state index in [0.29, 0.717) is 17.1 Å². The smallest absolute Gasteiger partial charge is 0.323 e. The number of aliphatic hydroxyl groups is 2. The number of nitrogens with one attached hydrogen (secondary N) is 3. The molecule has 1 heterocycles. The Hall–Kier alpha value is -3.70. The van der Waals surface area contributed by atoms with Gasteiger partial charge in [-0.25, -0.2) is 0 Å². The van der Waals surface area contributed by atoms with Crippen LogP contribution in [0.15, 0.2) is 53.0 Å². The Balaban J connectivity index is 1.46. The first-order valence-electron chi connectivity index (χ1n) is 15.3. The highest BCUT2D eigenvalue weighted by molar-refractivity contribution is 9.10. The summed E-state index contributed by atoms with van der Waals surface area (Å²) in [6.45, 7) is 2.77. The summed E-state index contributed by atoms with van der Waals surface area (Å²) >= 11 is 10.3. The molecule has 6 N–H and O–H groups in total. The zero-order valence-electron chi connectivity index (χ0n) is 25.8. The molecule has 3 aromatic carbocycles. The third kappa shape index (κ3) is 9.90. The number of halogens is 2. The van der Waals surface area contributed by atoms with Crippen molar-refractivity contribution in [2.75, 3.05) is 44.7 Å². The summed E-state index contributed by atoms with van der Waals surface area (Å²) in [5.74, 6) is -0.597. The number of aliphatic hydroxyl groups excluding tert-OH is 2. The fraction of sp³-hybridized carbons (Fsp3) is 0.382. The van der Waals surface area contributed by atoms with Gasteiger partial charge >= 0.3 is 5.97 Å². The minimum atomic E-state index is -1.20. The topological polar surface area (TPSA) is 171 Å². The second-order valence-corrected chi connectivity index (χ2v) is 12.3. The molecule has 250 valence electrons. The average molecular weight is 729 g/mol. The monoisotopic (exact) mass is 727 g/mol. The number of anilines is 1. The molecule has 0 unspecified atom stereocenters. The molecule has 13 heteroatoms. The Morgan fingerprint density at radius 3 is 2.66 bits per heavy atom. The molecule has 2 atom stereocenters. The van der Waals surface area contributed by atoms with E-state index in [1.165, 1.54) is 6.21 Å². The summed E-state index contributed by atoms with van der Waals surface area (Å²) in [6.07, 6.45) is 4.00. The van der Waals surface area contributed by atoms with Gasteiger partial charge in [-0.15, -0.1) is 0 Å². The summed E-state index contributed by atoms with van der Waals surface area (Å²) in [7, 11) is 0. The van der Waals surface area contributed by atoms with E-state index in [4.69, 9.17) is 31.7 Å². The predicted octanol–water partition coefficient (Wildman–Crippen LogP) is 5.04. The Kier molecular flexibility index (Phi) is 13.8. The highest BCUT2D eigenvalue weighted by atomic mass is 79.9. The van der Waals surface area contributed by atoms with Crippen LogP contribution in [0, 0.1) is 16.7 Å². The number of benzene rings is 3. The standard InChI is InChI=1S/C34H39BrClN5O6/c35-33-22(21-47-32-16-31(46-14-10-37)23(15-28(32)36)18-40-30(20-42)34(44)45)5-3-7-26(33)25-6-4-8-29(27(25)17-38)39-11-1-2-12-41-13-9-24(43)19-41/h3-8,15-17,24,30,38-40,42-43H,1-2,9,11-14,18-21H2,(H,44,45)/t24-,30+/m1/s1. The van der Waals surface area contributed by atoms with Crippen LogP contribution in [0.5, 0.6) is 11.5 Å². The first-order valence-corrected chi connectivity index (χ1v) is 16.5. The minimum Gasteiger partial charge on any atom is -0.487 e. The van der Waals surface area contributed by atoms with Crippen LogP contribution >= 0.6 is 27.5 Å². The van der Waals surface area contributed by atoms with E-state index in [9.17, 15) is 20.1 Å². The normalized spacial score (nSPS) is 15.2. The maximum Gasteiger partial charge on any atom is 0.323 e. The summed E-state index contributed by atoms with van der Waals surface area (Å²) in [6, 6.07) is 15.6. The second-order valence-electron chi connectivity index (χ2n) is 11.1. The number of carboxylic acids is 1. The average Bonchev–Trinajstić information content (AvgIpc) is 3.48. The van der Waals surface area contributed by atoms with Crippen molar-refractivity contribution in [3.8, 4) is 28.7 Å². The molecule has 0 aromatic heterocycles. The molecule has 0 bridgehead atoms. The van der Waals surface area contributed by atoms with Gasteiger partial charge in [-0.3, -0.25) is 10.1 Å². The fourth-order valence-corrected chi connectivity index (χ4v) is 6.23. The highest BCUT2D eigenvalue weighted by Gasteiger charge is 2.20. The number of unbranched alkanes of at least 4 members (excludes halogenated alkanes) is 1. The summed E-state index contributed by atoms with van der Waals surface area (Å²) < 4.78 is 12.5. The van der Waals surface area contributed by atoms with Crippen molar-refractivity contribution in [2.24, 2.45) is 0 Å². The molecule has 1 saturated heterocycles. The van der Waals surface area contributed by atoms with Gasteiger partial charge in [-0.1, -0.05) is 41.9 Å². The van der Waals surface area contributed by atoms with E-state index >= 15 is 0 Å². The first kappa shape index (κ1) is 36.1. The molecular formula is C34H39BrClN5O6. The minimum absolute atomic E-state index is 0.0266. The van der Waals surface area contributed by atoms with E-state index in [2.05, 4.69) is 31.5 Å². The molecule has 1 aliphatic rings. The lowest BCUT2D eigenvalue weighted by atomic mass is 9.97. The van der Waals surface area contributed by atoms with E-state index in [-0.39, 0.29) is 30.9 Å². The van der Waals surface area contributed by atoms with Crippen molar-refractivity contribution < 1.29 is 29.6 Å². The van der Waals surface area contributed by atoms with Crippen LogP contribution in [-0.4, -0.2) is 83.9 Å². The summed E-state index contributed by atoms with van der Waals surface area (Å²) in [5, 5.41) is 52.0. The van der Waals surface area contributed by atoms with Gasteiger partial charge in [0, 0.05) is 65.3 Å². The number of nitriles is 1. The van der Waals surface area contributed by atoms with Crippen molar-refractivity contribution in [3.63, 3.8) is 0 Å². The van der Waals surface area contributed by atoms with E-state index in [0.717, 1.165) is 77.9 Å². The number of ether oxygens (including phenoxy) is 2. The number of rotatable bonds is 18. The third-order valence-electron chi connectivity index (χ3n) is 7.89. The highest BCUT2D eigenvalue weighted by Crippen LogP contribution is 2.37. The fourth-order valence-electron chi connectivity index (χ4n) is 5.40. The largest absolute Gasteiger partial charge is 0.487 e. The number of hydrogen-bond acceptors (Lipinski definition) is 10. The van der Waals surface area contributed by atoms with Crippen LogP contribution in [0.25, 0.3) is 11.1 Å². The van der Waals surface area contributed by atoms with Gasteiger partial charge < -0.3 is 40.4 Å². The van der Waals surface area contributed by atoms with Crippen LogP contribution in [0.2, 0.25) is 5.02 Å². The van der Waals surface area contributed by atoms with Crippen LogP contribution in [-0.2, 0) is 17.9 Å². The number of β-amino-alcohol motifs (C(OH)–C–C–N with tert-alkyl or cyclic N) is 1. The van der Waals surface area contributed by atoms with E-state index in [1.54, 1.807) is 12.1 Å². The van der Waals surface area contributed by atoms with Crippen LogP contribution in [0.3, 0.4) is 0 Å². The first-order chi connectivity index (χ1) is 22.7. The zero-order valence-corrected chi connectivity index (χ0v) is 28.2. The Bertz CT molecular complexity index is 1590. The molecule has 0 spiro atoms. The third-order valence-corrected chi connectivity index (χ3v) is 9.13. The van der Waals surface area contributed by atoms with Crippen molar-refractivity contribution in [3.05, 3.63) is 74.7 Å². The molecule has 47 heavy (non-hydrogen) atoms. The molecule has 0 amide bonds. The van der Waals surface area contributed by atoms with Crippen LogP contribution < -0.4 is 20.1 Å². The maximum absolute atomic E-state index is 11.3. The Labute approximate surface area is 287 Å². The molecule has 11 nitrogen and oxygen atoms in total. The van der Waals surface area contributed by atoms with Crippen LogP contribution in [0.1, 0.15) is 36.0 Å². The number of aliphatic carboxylic acids is 1. The second kappa shape index (κ2) is 18.0. The molecule has 1 aliphatic heterocycles. The summed E-state index contributed by atoms with van der Waals surface area (Å²) in [4.78, 5) is 13.6. The van der Waals surface area contributed by atoms with Crippen molar-refractivity contribution in [2.45, 2.75) is 44.6 Å². The van der Waals surface area contributed by atoms with Crippen molar-refractivity contribution in [1.29, 1.82) is 10.7 Å². The van der Waals surface area contributed by atoms with E-state index in [1.807, 2.05) is 42.5 Å². The zero-order chi connectivity index (χ0) is 33.8. The molecule has 4 rings (SSSR count). The van der Waals surface area contributed by atoms with Gasteiger partial charge in [-0.05, 0) is 65.0 Å². The SMILES string of the molecule is N#CCOc1cc(OCc2cccc(-c3cccc(NCCCCN4CC[C@@H](O)C4)c3C=N)c2Br)c(Cl)cc1CN[C@@H](CO)C(=O)O. The Morgan fingerprint density at radius 1 is 1.17 bits per heavy atom. The van der Waals surface area contributed by atoms with Crippen LogP contribution in [0.4, 0.5) is 5.69 Å². The van der Waals surface area contributed by atoms with Gasteiger partial charge in [0.05, 0.1) is 17.7 Å². The molecule has 0 radical (unpaired) electrons. The van der Waals surface area contributed by atoms with Gasteiger partial charge in [0.15, 0.2) is 6.61 Å². The molecular weight excluding hydrogens is 690 g/mol. The molecule has 1 fully saturated rings. The van der Waals surface area contributed by atoms with Gasteiger partial charge in [0.1, 0.15) is 30.2 Å². The quantitative estimate of drug-likeness (QED) is 0.0770. The van der Waals surface area contributed by atoms with Crippen molar-refractivity contribution in [1.82, 2.24) is 10.2 Å². The molecule has 0 saturated carbocycles. The molecule has 0 aliphatic carbocycles. The maximum atomic E-state index is 11.3. The van der Waals surface area contributed by atoms with Gasteiger partial charge in [0.2, 0.25) is 0 Å². The lowest BCUT2D eigenvalue weighted by molar-refractivity contribution is -0.140. The van der Waals surface area contributed by atoms with Crippen molar-refractivity contribution >= 4 is 45.4 Å². The predicted molar refractivity (Wildman–Crippen MR) is 184 cm³/mol. The number of carboxylic acid groups (broad SMARTS) is 1. The summed E-state index contributed by atoms with van der Waals surface area (Å²) in [5.41, 5.74) is 4.75. The number of carbonyl (C=O) groups is 1. The van der Waals surface area contributed by atoms with E-state index < -0.39 is 18.6 Å². The Morgan fingerprint density at radius 2 is 1.96 bits per heavy atom. The molecule has 3 aromatic rings. The number of likely N-dealkylation sites (tertiary alicyclic amines) is 1. The van der Waals surface area contributed by atoms with Gasteiger partial charge in [0.25, 0.3) is 0 Å². The number of nitrogens with zero attached hydrogens (tertiary/aromatic N) is 2. The number of hydrogen-bond donors (Lipinski definition) is 6. The lowest BCUT2D eigenvalue weighted by Gasteiger charge is -2.18.